The molecule has 5 heteroatoms. The van der Waals surface area contributed by atoms with Gasteiger partial charge in [-0.1, -0.05) is 76.2 Å². The third kappa shape index (κ3) is 6.08. The van der Waals surface area contributed by atoms with Crippen LogP contribution in [-0.4, -0.2) is 36.1 Å². The van der Waals surface area contributed by atoms with Gasteiger partial charge in [-0.3, -0.25) is 0 Å². The van der Waals surface area contributed by atoms with E-state index in [0.717, 1.165) is 53.9 Å². The molecule has 0 atom stereocenters. The van der Waals surface area contributed by atoms with Crippen molar-refractivity contribution in [2.75, 3.05) is 36.4 Å². The van der Waals surface area contributed by atoms with Crippen LogP contribution in [0.25, 0.3) is 22.0 Å². The fourth-order valence-corrected chi connectivity index (χ4v) is 3.77. The van der Waals surface area contributed by atoms with Gasteiger partial charge >= 0.3 is 0 Å². The molecule has 1 fully saturated rings. The van der Waals surface area contributed by atoms with Gasteiger partial charge in [-0.05, 0) is 29.8 Å². The van der Waals surface area contributed by atoms with Gasteiger partial charge in [0.15, 0.2) is 0 Å². The fraction of sp³-hybridized carbons (Fsp3) is 0.286. The maximum absolute atomic E-state index is 4.82. The van der Waals surface area contributed by atoms with E-state index in [2.05, 4.69) is 81.2 Å². The first kappa shape index (κ1) is 24.2. The smallest absolute Gasteiger partial charge is 0.227 e. The van der Waals surface area contributed by atoms with Gasteiger partial charge in [-0.15, -0.1) is 0 Å². The minimum Gasteiger partial charge on any atom is -0.369 e. The maximum atomic E-state index is 4.82. The van der Waals surface area contributed by atoms with Gasteiger partial charge in [-0.2, -0.15) is 0 Å². The molecule has 3 aromatic carbocycles. The number of para-hydroxylation sites is 1. The molecule has 4 aromatic rings. The van der Waals surface area contributed by atoms with Crippen molar-refractivity contribution in [1.82, 2.24) is 15.3 Å². The molecule has 0 amide bonds. The lowest BCUT2D eigenvalue weighted by Gasteiger charge is -2.29. The first-order chi connectivity index (χ1) is 16.4. The summed E-state index contributed by atoms with van der Waals surface area (Å²) in [5, 5.41) is 7.77. The number of hydrogen-bond donors (Lipinski definition) is 2. The van der Waals surface area contributed by atoms with Crippen LogP contribution >= 0.6 is 0 Å². The summed E-state index contributed by atoms with van der Waals surface area (Å²) >= 11 is 0. The molecule has 1 aromatic heterocycles. The summed E-state index contributed by atoms with van der Waals surface area (Å²) in [6.07, 6.45) is 1.88. The number of rotatable bonds is 4. The van der Waals surface area contributed by atoms with Crippen LogP contribution < -0.4 is 15.5 Å². The number of fused-ring (bicyclic) bond motifs is 1. The summed E-state index contributed by atoms with van der Waals surface area (Å²) < 4.78 is 0. The van der Waals surface area contributed by atoms with Crippen molar-refractivity contribution in [3.05, 3.63) is 79.0 Å². The molecule has 1 saturated heterocycles. The largest absolute Gasteiger partial charge is 0.369 e. The van der Waals surface area contributed by atoms with Crippen molar-refractivity contribution in [3.63, 3.8) is 0 Å². The molecular weight excluding hydrogens is 406 g/mol. The van der Waals surface area contributed by atoms with E-state index in [1.54, 1.807) is 0 Å². The Kier molecular flexibility index (Phi) is 9.21. The van der Waals surface area contributed by atoms with Crippen LogP contribution in [0.1, 0.15) is 27.7 Å². The van der Waals surface area contributed by atoms with Crippen LogP contribution in [0.2, 0.25) is 0 Å². The van der Waals surface area contributed by atoms with Gasteiger partial charge in [0.05, 0.1) is 5.52 Å². The van der Waals surface area contributed by atoms with E-state index < -0.39 is 0 Å². The minimum absolute atomic E-state index is 0.607. The summed E-state index contributed by atoms with van der Waals surface area (Å²) in [7, 11) is 0. The Labute approximate surface area is 197 Å². The standard InChI is InChI=1S/C24H23N5.2C2H6/c1-2-5-18(6-3-1)22-8-4-7-19-17-26-24(28-23(19)22)27-20-9-11-21(12-10-20)29-15-13-25-14-16-29;2*1-2/h1-12,17,25H,13-16H2,(H,26,27,28);2*1-2H3. The Morgan fingerprint density at radius 3 is 2.18 bits per heavy atom. The highest BCUT2D eigenvalue weighted by Gasteiger charge is 2.11. The Bertz CT molecular complexity index is 1100. The van der Waals surface area contributed by atoms with Gasteiger partial charge in [0.25, 0.3) is 0 Å². The Morgan fingerprint density at radius 2 is 1.48 bits per heavy atom. The summed E-state index contributed by atoms with van der Waals surface area (Å²) in [5.41, 5.74) is 5.46. The van der Waals surface area contributed by atoms with Crippen LogP contribution in [0.4, 0.5) is 17.3 Å². The predicted octanol–water partition coefficient (Wildman–Crippen LogP) is 6.50. The van der Waals surface area contributed by atoms with Crippen molar-refractivity contribution in [1.29, 1.82) is 0 Å². The second kappa shape index (κ2) is 12.6. The molecule has 5 nitrogen and oxygen atoms in total. The Morgan fingerprint density at radius 1 is 0.788 bits per heavy atom. The number of aromatic nitrogens is 2. The lowest BCUT2D eigenvalue weighted by Crippen LogP contribution is -2.43. The molecule has 0 bridgehead atoms. The SMILES string of the molecule is CC.CC.c1ccc(-c2cccc3cnc(Nc4ccc(N5CCNCC5)cc4)nc23)cc1. The van der Waals surface area contributed by atoms with E-state index in [9.17, 15) is 0 Å². The molecule has 0 aliphatic carbocycles. The summed E-state index contributed by atoms with van der Waals surface area (Å²) in [4.78, 5) is 11.7. The van der Waals surface area contributed by atoms with Gasteiger partial charge in [0, 0.05) is 54.7 Å². The molecule has 172 valence electrons. The Balaban J connectivity index is 0.000000728. The van der Waals surface area contributed by atoms with Crippen LogP contribution in [0, 0.1) is 0 Å². The van der Waals surface area contributed by atoms with Crippen LogP contribution in [0.3, 0.4) is 0 Å². The van der Waals surface area contributed by atoms with E-state index in [1.807, 2.05) is 46.0 Å². The first-order valence-electron chi connectivity index (χ1n) is 12.0. The highest BCUT2D eigenvalue weighted by molar-refractivity contribution is 5.93. The monoisotopic (exact) mass is 441 g/mol. The number of anilines is 3. The number of hydrogen-bond acceptors (Lipinski definition) is 5. The lowest BCUT2D eigenvalue weighted by molar-refractivity contribution is 0.589. The molecule has 0 unspecified atom stereocenters. The number of piperazine rings is 1. The van der Waals surface area contributed by atoms with Gasteiger partial charge in [-0.25, -0.2) is 9.97 Å². The van der Waals surface area contributed by atoms with Crippen LogP contribution in [-0.2, 0) is 0 Å². The Hall–Kier alpha value is -3.44. The second-order valence-electron chi connectivity index (χ2n) is 7.21. The number of benzene rings is 3. The third-order valence-corrected chi connectivity index (χ3v) is 5.30. The zero-order valence-electron chi connectivity index (χ0n) is 20.2. The zero-order valence-corrected chi connectivity index (χ0v) is 20.2. The van der Waals surface area contributed by atoms with Crippen molar-refractivity contribution < 1.29 is 0 Å². The molecule has 0 radical (unpaired) electrons. The topological polar surface area (TPSA) is 53.1 Å². The number of nitrogens with one attached hydrogen (secondary N) is 2. The van der Waals surface area contributed by atoms with Gasteiger partial charge in [0.2, 0.25) is 5.95 Å². The first-order valence-corrected chi connectivity index (χ1v) is 12.0. The fourth-order valence-electron chi connectivity index (χ4n) is 3.77. The second-order valence-corrected chi connectivity index (χ2v) is 7.21. The average Bonchev–Trinajstić information content (AvgIpc) is 2.92. The van der Waals surface area contributed by atoms with E-state index in [0.29, 0.717) is 5.95 Å². The quantitative estimate of drug-likeness (QED) is 0.378. The molecule has 1 aliphatic rings. The van der Waals surface area contributed by atoms with E-state index >= 15 is 0 Å². The molecule has 2 heterocycles. The molecule has 5 rings (SSSR count). The van der Waals surface area contributed by atoms with Gasteiger partial charge in [0.1, 0.15) is 0 Å². The minimum atomic E-state index is 0.607. The zero-order chi connectivity index (χ0) is 23.5. The number of nitrogens with zero attached hydrogens (tertiary/aromatic N) is 3. The van der Waals surface area contributed by atoms with E-state index in [-0.39, 0.29) is 0 Å². The summed E-state index contributed by atoms with van der Waals surface area (Å²) in [6, 6.07) is 25.1. The van der Waals surface area contributed by atoms with Crippen molar-refractivity contribution >= 4 is 28.2 Å². The maximum Gasteiger partial charge on any atom is 0.227 e. The molecule has 33 heavy (non-hydrogen) atoms. The van der Waals surface area contributed by atoms with Crippen molar-refractivity contribution in [2.45, 2.75) is 27.7 Å². The molecule has 1 aliphatic heterocycles. The molecular formula is C28H35N5. The normalized spacial score (nSPS) is 12.8. The third-order valence-electron chi connectivity index (χ3n) is 5.30. The molecule has 2 N–H and O–H groups in total. The van der Waals surface area contributed by atoms with Crippen molar-refractivity contribution in [2.24, 2.45) is 0 Å². The predicted molar refractivity (Wildman–Crippen MR) is 142 cm³/mol. The van der Waals surface area contributed by atoms with E-state index in [1.165, 1.54) is 5.69 Å². The lowest BCUT2D eigenvalue weighted by atomic mass is 10.0. The average molecular weight is 442 g/mol. The van der Waals surface area contributed by atoms with Crippen LogP contribution in [0.5, 0.6) is 0 Å². The summed E-state index contributed by atoms with van der Waals surface area (Å²) in [6.45, 7) is 12.2. The molecule has 0 saturated carbocycles. The van der Waals surface area contributed by atoms with E-state index in [4.69, 9.17) is 4.98 Å². The highest BCUT2D eigenvalue weighted by Crippen LogP contribution is 2.28. The highest BCUT2D eigenvalue weighted by atomic mass is 15.2. The van der Waals surface area contributed by atoms with Crippen LogP contribution in [0.15, 0.2) is 79.0 Å². The summed E-state index contributed by atoms with van der Waals surface area (Å²) in [5.74, 6) is 0.607. The van der Waals surface area contributed by atoms with Gasteiger partial charge < -0.3 is 15.5 Å². The molecule has 0 spiro atoms. The van der Waals surface area contributed by atoms with Crippen molar-refractivity contribution in [3.8, 4) is 11.1 Å².